The zero-order chi connectivity index (χ0) is 20.5. The Morgan fingerprint density at radius 2 is 2.07 bits per heavy atom. The number of aromatic nitrogens is 3. The summed E-state index contributed by atoms with van der Waals surface area (Å²) in [7, 11) is 0. The molecule has 28 heavy (non-hydrogen) atoms. The van der Waals surface area contributed by atoms with Gasteiger partial charge in [-0.15, -0.1) is 11.3 Å². The number of piperidine rings is 1. The van der Waals surface area contributed by atoms with Gasteiger partial charge in [-0.2, -0.15) is 18.3 Å². The van der Waals surface area contributed by atoms with Gasteiger partial charge < -0.3 is 4.79 Å². The van der Waals surface area contributed by atoms with Crippen LogP contribution < -0.4 is 0 Å². The second-order valence-electron chi connectivity index (χ2n) is 6.99. The van der Waals surface area contributed by atoms with Gasteiger partial charge in [-0.25, -0.2) is 4.98 Å². The number of carbonyl (C=O) groups is 2. The molecule has 2 aromatic rings. The van der Waals surface area contributed by atoms with Crippen LogP contribution in [-0.2, 0) is 17.5 Å². The molecule has 0 aromatic carbocycles. The number of aldehydes is 1. The number of hydrogen-bond acceptors (Lipinski definition) is 6. The summed E-state index contributed by atoms with van der Waals surface area (Å²) in [6.45, 7) is 4.38. The molecule has 1 aliphatic heterocycles. The van der Waals surface area contributed by atoms with Gasteiger partial charge in [-0.1, -0.05) is 0 Å². The summed E-state index contributed by atoms with van der Waals surface area (Å²) in [5.41, 5.74) is -0.102. The molecule has 152 valence electrons. The van der Waals surface area contributed by atoms with Crippen molar-refractivity contribution in [3.63, 3.8) is 0 Å². The van der Waals surface area contributed by atoms with Crippen molar-refractivity contribution in [3.05, 3.63) is 33.5 Å². The summed E-state index contributed by atoms with van der Waals surface area (Å²) in [6.07, 6.45) is -2.18. The van der Waals surface area contributed by atoms with E-state index in [1.807, 2.05) is 4.90 Å². The Kier molecular flexibility index (Phi) is 5.99. The standard InChI is InChI=1S/C18H21F3N4O2S/c1-11-7-16(18(19,20)21)23-25(11)8-14(9-26)24-5-3-13(4-6-24)17-22-15(10-28-17)12(2)27/h7,9-10,13-14H,3-6,8H2,1-2H3. The lowest BCUT2D eigenvalue weighted by atomic mass is 9.96. The quantitative estimate of drug-likeness (QED) is 0.536. The van der Waals surface area contributed by atoms with Gasteiger partial charge in [0.2, 0.25) is 0 Å². The van der Waals surface area contributed by atoms with Crippen LogP contribution >= 0.6 is 11.3 Å². The fourth-order valence-electron chi connectivity index (χ4n) is 3.37. The first-order chi connectivity index (χ1) is 13.2. The third-order valence-corrected chi connectivity index (χ3v) is 6.03. The minimum absolute atomic E-state index is 0.0613. The van der Waals surface area contributed by atoms with Gasteiger partial charge in [-0.05, 0) is 38.9 Å². The number of thiazole rings is 1. The topological polar surface area (TPSA) is 68.1 Å². The first kappa shape index (κ1) is 20.7. The minimum Gasteiger partial charge on any atom is -0.302 e. The van der Waals surface area contributed by atoms with Gasteiger partial charge in [0.25, 0.3) is 0 Å². The highest BCUT2D eigenvalue weighted by Gasteiger charge is 2.35. The molecule has 0 aliphatic carbocycles. The van der Waals surface area contributed by atoms with E-state index in [1.165, 1.54) is 22.9 Å². The molecule has 0 spiro atoms. The number of carbonyl (C=O) groups excluding carboxylic acids is 2. The average Bonchev–Trinajstić information content (AvgIpc) is 3.27. The van der Waals surface area contributed by atoms with Crippen LogP contribution in [0.25, 0.3) is 0 Å². The Bertz CT molecular complexity index is 853. The predicted octanol–water partition coefficient (Wildman–Crippen LogP) is 3.32. The molecule has 1 unspecified atom stereocenters. The number of Topliss-reactive ketones (excluding diaryl/α,β-unsaturated/α-hetero) is 1. The number of rotatable bonds is 6. The minimum atomic E-state index is -4.50. The number of halogens is 3. The van der Waals surface area contributed by atoms with Crippen LogP contribution in [0.3, 0.4) is 0 Å². The fourth-order valence-corrected chi connectivity index (χ4v) is 4.40. The number of ketones is 1. The number of hydrogen-bond donors (Lipinski definition) is 0. The Labute approximate surface area is 164 Å². The molecule has 1 saturated heterocycles. The maximum Gasteiger partial charge on any atom is 0.435 e. The highest BCUT2D eigenvalue weighted by atomic mass is 32.1. The number of alkyl halides is 3. The van der Waals surface area contributed by atoms with E-state index in [9.17, 15) is 22.8 Å². The van der Waals surface area contributed by atoms with Gasteiger partial charge in [0, 0.05) is 23.9 Å². The first-order valence-corrected chi connectivity index (χ1v) is 9.84. The highest BCUT2D eigenvalue weighted by molar-refractivity contribution is 7.09. The fraction of sp³-hybridized carbons (Fsp3) is 0.556. The Morgan fingerprint density at radius 1 is 1.39 bits per heavy atom. The lowest BCUT2D eigenvalue weighted by Crippen LogP contribution is -2.44. The van der Waals surface area contributed by atoms with E-state index < -0.39 is 17.9 Å². The van der Waals surface area contributed by atoms with E-state index in [-0.39, 0.29) is 18.2 Å². The molecule has 3 rings (SSSR count). The van der Waals surface area contributed by atoms with Crippen molar-refractivity contribution < 1.29 is 22.8 Å². The molecule has 2 aromatic heterocycles. The summed E-state index contributed by atoms with van der Waals surface area (Å²) in [6, 6.07) is 0.452. The molecule has 6 nitrogen and oxygen atoms in total. The summed E-state index contributed by atoms with van der Waals surface area (Å²) < 4.78 is 39.7. The van der Waals surface area contributed by atoms with E-state index in [4.69, 9.17) is 0 Å². The monoisotopic (exact) mass is 414 g/mol. The van der Waals surface area contributed by atoms with Crippen molar-refractivity contribution in [1.82, 2.24) is 19.7 Å². The SMILES string of the molecule is CC(=O)c1csc(C2CCN(C(C=O)Cn3nc(C(F)(F)F)cc3C)CC2)n1. The molecule has 3 heterocycles. The third-order valence-electron chi connectivity index (χ3n) is 5.02. The van der Waals surface area contributed by atoms with Crippen LogP contribution in [0.4, 0.5) is 13.2 Å². The molecule has 0 bridgehead atoms. The molecular formula is C18H21F3N4O2S. The predicted molar refractivity (Wildman–Crippen MR) is 97.5 cm³/mol. The van der Waals surface area contributed by atoms with Gasteiger partial charge in [0.05, 0.1) is 17.6 Å². The van der Waals surface area contributed by atoms with Crippen molar-refractivity contribution >= 4 is 23.4 Å². The van der Waals surface area contributed by atoms with Crippen molar-refractivity contribution in [2.24, 2.45) is 0 Å². The summed E-state index contributed by atoms with van der Waals surface area (Å²) in [4.78, 5) is 29.4. The molecule has 0 radical (unpaired) electrons. The Morgan fingerprint density at radius 3 is 2.57 bits per heavy atom. The van der Waals surface area contributed by atoms with E-state index in [0.717, 1.165) is 30.2 Å². The Hall–Kier alpha value is -2.07. The smallest absolute Gasteiger partial charge is 0.302 e. The van der Waals surface area contributed by atoms with Gasteiger partial charge in [-0.3, -0.25) is 14.4 Å². The van der Waals surface area contributed by atoms with Crippen LogP contribution in [-0.4, -0.2) is 50.9 Å². The van der Waals surface area contributed by atoms with E-state index in [0.29, 0.717) is 24.5 Å². The van der Waals surface area contributed by atoms with Crippen molar-refractivity contribution in [2.45, 2.75) is 51.4 Å². The molecule has 1 atom stereocenters. The van der Waals surface area contributed by atoms with Crippen molar-refractivity contribution in [2.75, 3.05) is 13.1 Å². The van der Waals surface area contributed by atoms with Gasteiger partial charge >= 0.3 is 6.18 Å². The van der Waals surface area contributed by atoms with Crippen LogP contribution in [0.15, 0.2) is 11.4 Å². The zero-order valence-corrected chi connectivity index (χ0v) is 16.4. The van der Waals surface area contributed by atoms with Crippen LogP contribution in [0, 0.1) is 6.92 Å². The normalized spacial score (nSPS) is 17.6. The average molecular weight is 414 g/mol. The van der Waals surface area contributed by atoms with Crippen LogP contribution in [0.1, 0.15) is 52.6 Å². The van der Waals surface area contributed by atoms with E-state index in [2.05, 4.69) is 10.1 Å². The molecular weight excluding hydrogens is 393 g/mol. The largest absolute Gasteiger partial charge is 0.435 e. The molecule has 0 amide bonds. The lowest BCUT2D eigenvalue weighted by molar-refractivity contribution is -0.141. The number of aryl methyl sites for hydroxylation is 1. The zero-order valence-electron chi connectivity index (χ0n) is 15.6. The summed E-state index contributed by atoms with van der Waals surface area (Å²) in [5.74, 6) is 0.165. The Balaban J connectivity index is 1.63. The lowest BCUT2D eigenvalue weighted by Gasteiger charge is -2.34. The maximum atomic E-state index is 12.8. The maximum absolute atomic E-state index is 12.8. The van der Waals surface area contributed by atoms with Crippen LogP contribution in [0.2, 0.25) is 0 Å². The molecule has 0 saturated carbocycles. The molecule has 1 fully saturated rings. The number of likely N-dealkylation sites (tertiary alicyclic amines) is 1. The number of nitrogens with zero attached hydrogens (tertiary/aromatic N) is 4. The van der Waals surface area contributed by atoms with E-state index in [1.54, 1.807) is 12.3 Å². The van der Waals surface area contributed by atoms with Crippen molar-refractivity contribution in [1.29, 1.82) is 0 Å². The molecule has 10 heteroatoms. The summed E-state index contributed by atoms with van der Waals surface area (Å²) >= 11 is 1.47. The molecule has 0 N–H and O–H groups in total. The molecule has 1 aliphatic rings. The van der Waals surface area contributed by atoms with Gasteiger partial charge in [0.15, 0.2) is 11.5 Å². The first-order valence-electron chi connectivity index (χ1n) is 8.96. The third kappa shape index (κ3) is 4.49. The highest BCUT2D eigenvalue weighted by Crippen LogP contribution is 2.32. The van der Waals surface area contributed by atoms with Gasteiger partial charge in [0.1, 0.15) is 12.0 Å². The van der Waals surface area contributed by atoms with Crippen molar-refractivity contribution in [3.8, 4) is 0 Å². The second kappa shape index (κ2) is 8.12. The van der Waals surface area contributed by atoms with Crippen LogP contribution in [0.5, 0.6) is 0 Å². The summed E-state index contributed by atoms with van der Waals surface area (Å²) in [5, 5.41) is 6.29. The second-order valence-corrected chi connectivity index (χ2v) is 7.88. The van der Waals surface area contributed by atoms with E-state index >= 15 is 0 Å².